The van der Waals surface area contributed by atoms with Crippen molar-refractivity contribution < 1.29 is 4.79 Å². The minimum Gasteiger partial charge on any atom is -0.348 e. The topological polar surface area (TPSA) is 29.1 Å². The largest absolute Gasteiger partial charge is 0.348 e. The molecule has 0 aliphatic heterocycles. The summed E-state index contributed by atoms with van der Waals surface area (Å²) in [5.74, 6) is 0.0550. The third kappa shape index (κ3) is 3.82. The Kier molecular flexibility index (Phi) is 5.03. The highest BCUT2D eigenvalue weighted by Gasteiger charge is 2.23. The van der Waals surface area contributed by atoms with E-state index in [2.05, 4.69) is 28.2 Å². The zero-order chi connectivity index (χ0) is 13.8. The average molecular weight is 324 g/mol. The number of amides is 1. The number of aryl methyl sites for hydroxylation is 2. The standard InChI is InChI=1S/C16H22BrNO/c1-11-8-9-13(10-12(11)2)16(19)18-15-7-5-3-4-6-14(15)17/h8-10,14-15H,3-7H2,1-2H3,(H,18,19). The van der Waals surface area contributed by atoms with Gasteiger partial charge < -0.3 is 5.32 Å². The molecule has 3 heteroatoms. The molecule has 0 saturated heterocycles. The number of benzene rings is 1. The highest BCUT2D eigenvalue weighted by molar-refractivity contribution is 9.09. The molecule has 0 spiro atoms. The number of hydrogen-bond donors (Lipinski definition) is 1. The molecule has 1 aliphatic carbocycles. The summed E-state index contributed by atoms with van der Waals surface area (Å²) < 4.78 is 0. The number of carbonyl (C=O) groups is 1. The van der Waals surface area contributed by atoms with Gasteiger partial charge in [0.1, 0.15) is 0 Å². The van der Waals surface area contributed by atoms with Crippen LogP contribution >= 0.6 is 15.9 Å². The summed E-state index contributed by atoms with van der Waals surface area (Å²) in [4.78, 5) is 12.7. The second-order valence-corrected chi connectivity index (χ2v) is 6.71. The molecule has 1 aliphatic rings. The molecule has 2 atom stereocenters. The highest BCUT2D eigenvalue weighted by Crippen LogP contribution is 2.24. The van der Waals surface area contributed by atoms with Gasteiger partial charge >= 0.3 is 0 Å². The molecule has 1 amide bonds. The summed E-state index contributed by atoms with van der Waals surface area (Å²) in [5, 5.41) is 3.19. The van der Waals surface area contributed by atoms with Crippen molar-refractivity contribution in [2.75, 3.05) is 0 Å². The van der Waals surface area contributed by atoms with E-state index in [9.17, 15) is 4.79 Å². The summed E-state index contributed by atoms with van der Waals surface area (Å²) in [7, 11) is 0. The molecule has 2 rings (SSSR count). The Balaban J connectivity index is 2.05. The summed E-state index contributed by atoms with van der Waals surface area (Å²) in [6.45, 7) is 4.11. The minimum atomic E-state index is 0.0550. The van der Waals surface area contributed by atoms with Gasteiger partial charge in [-0.05, 0) is 49.9 Å². The smallest absolute Gasteiger partial charge is 0.251 e. The van der Waals surface area contributed by atoms with Crippen LogP contribution in [0.15, 0.2) is 18.2 Å². The van der Waals surface area contributed by atoms with E-state index in [1.165, 1.54) is 30.4 Å². The predicted molar refractivity (Wildman–Crippen MR) is 83.0 cm³/mol. The van der Waals surface area contributed by atoms with Gasteiger partial charge in [0.15, 0.2) is 0 Å². The van der Waals surface area contributed by atoms with Gasteiger partial charge in [-0.25, -0.2) is 0 Å². The van der Waals surface area contributed by atoms with Gasteiger partial charge in [-0.15, -0.1) is 0 Å². The van der Waals surface area contributed by atoms with Crippen LogP contribution in [0.4, 0.5) is 0 Å². The normalized spacial score (nSPS) is 23.7. The fraction of sp³-hybridized carbons (Fsp3) is 0.562. The van der Waals surface area contributed by atoms with Gasteiger partial charge in [0.05, 0.1) is 0 Å². The first-order valence-electron chi connectivity index (χ1n) is 7.10. The first-order valence-corrected chi connectivity index (χ1v) is 8.01. The van der Waals surface area contributed by atoms with Crippen LogP contribution in [-0.2, 0) is 0 Å². The quantitative estimate of drug-likeness (QED) is 0.643. The van der Waals surface area contributed by atoms with E-state index < -0.39 is 0 Å². The molecule has 19 heavy (non-hydrogen) atoms. The number of alkyl halides is 1. The van der Waals surface area contributed by atoms with Gasteiger partial charge in [-0.3, -0.25) is 4.79 Å². The second-order valence-electron chi connectivity index (χ2n) is 5.53. The third-order valence-electron chi connectivity index (χ3n) is 4.02. The Morgan fingerprint density at radius 1 is 1.16 bits per heavy atom. The third-order valence-corrected chi connectivity index (χ3v) is 5.11. The molecule has 1 N–H and O–H groups in total. The van der Waals surface area contributed by atoms with Gasteiger partial charge in [0.25, 0.3) is 5.91 Å². The van der Waals surface area contributed by atoms with Crippen molar-refractivity contribution in [3.63, 3.8) is 0 Å². The Morgan fingerprint density at radius 3 is 2.63 bits per heavy atom. The van der Waals surface area contributed by atoms with Crippen molar-refractivity contribution in [3.05, 3.63) is 34.9 Å². The molecule has 0 aromatic heterocycles. The van der Waals surface area contributed by atoms with Crippen molar-refractivity contribution in [1.82, 2.24) is 5.32 Å². The Morgan fingerprint density at radius 2 is 1.89 bits per heavy atom. The average Bonchev–Trinajstić information content (AvgIpc) is 2.58. The molecule has 0 heterocycles. The summed E-state index contributed by atoms with van der Waals surface area (Å²) in [6, 6.07) is 6.17. The van der Waals surface area contributed by atoms with E-state index in [1.54, 1.807) is 0 Å². The Labute approximate surface area is 124 Å². The van der Waals surface area contributed by atoms with E-state index >= 15 is 0 Å². The van der Waals surface area contributed by atoms with Crippen molar-refractivity contribution in [1.29, 1.82) is 0 Å². The molecule has 1 fully saturated rings. The number of nitrogens with one attached hydrogen (secondary N) is 1. The summed E-state index contributed by atoms with van der Waals surface area (Å²) >= 11 is 3.72. The van der Waals surface area contributed by atoms with Crippen molar-refractivity contribution in [3.8, 4) is 0 Å². The van der Waals surface area contributed by atoms with Crippen molar-refractivity contribution in [2.45, 2.75) is 56.8 Å². The molecule has 2 nitrogen and oxygen atoms in total. The lowest BCUT2D eigenvalue weighted by molar-refractivity contribution is 0.0935. The van der Waals surface area contributed by atoms with E-state index in [0.29, 0.717) is 4.83 Å². The zero-order valence-corrected chi connectivity index (χ0v) is 13.3. The van der Waals surface area contributed by atoms with Gasteiger partial charge in [0.2, 0.25) is 0 Å². The lowest BCUT2D eigenvalue weighted by Gasteiger charge is -2.21. The van der Waals surface area contributed by atoms with Crippen LogP contribution < -0.4 is 5.32 Å². The van der Waals surface area contributed by atoms with Crippen molar-refractivity contribution in [2.24, 2.45) is 0 Å². The minimum absolute atomic E-state index is 0.0550. The van der Waals surface area contributed by atoms with E-state index in [0.717, 1.165) is 18.4 Å². The predicted octanol–water partition coefficient (Wildman–Crippen LogP) is 4.13. The lowest BCUT2D eigenvalue weighted by Crippen LogP contribution is -2.40. The van der Waals surface area contributed by atoms with Gasteiger partial charge in [0, 0.05) is 16.4 Å². The van der Waals surface area contributed by atoms with Crippen molar-refractivity contribution >= 4 is 21.8 Å². The number of hydrogen-bond acceptors (Lipinski definition) is 1. The number of halogens is 1. The molecular formula is C16H22BrNO. The SMILES string of the molecule is Cc1ccc(C(=O)NC2CCCCCC2Br)cc1C. The van der Waals surface area contributed by atoms with Crippen LogP contribution in [-0.4, -0.2) is 16.8 Å². The molecule has 0 radical (unpaired) electrons. The molecule has 1 saturated carbocycles. The van der Waals surface area contributed by atoms with E-state index in [4.69, 9.17) is 0 Å². The monoisotopic (exact) mass is 323 g/mol. The first-order chi connectivity index (χ1) is 9.08. The van der Waals surface area contributed by atoms with Crippen LogP contribution in [0.1, 0.15) is 53.6 Å². The highest BCUT2D eigenvalue weighted by atomic mass is 79.9. The Hall–Kier alpha value is -0.830. The molecular weight excluding hydrogens is 302 g/mol. The molecule has 2 unspecified atom stereocenters. The van der Waals surface area contributed by atoms with E-state index in [-0.39, 0.29) is 11.9 Å². The Bertz CT molecular complexity index is 458. The van der Waals surface area contributed by atoms with Crippen LogP contribution in [0.3, 0.4) is 0 Å². The number of carbonyl (C=O) groups excluding carboxylic acids is 1. The van der Waals surface area contributed by atoms with Gasteiger partial charge in [-0.2, -0.15) is 0 Å². The maximum Gasteiger partial charge on any atom is 0.251 e. The molecule has 1 aromatic rings. The van der Waals surface area contributed by atoms with Crippen LogP contribution in [0, 0.1) is 13.8 Å². The fourth-order valence-electron chi connectivity index (χ4n) is 2.56. The zero-order valence-electron chi connectivity index (χ0n) is 11.7. The summed E-state index contributed by atoms with van der Waals surface area (Å²) in [6.07, 6.45) is 5.97. The lowest BCUT2D eigenvalue weighted by atomic mass is 10.0. The van der Waals surface area contributed by atoms with Crippen LogP contribution in [0.5, 0.6) is 0 Å². The molecule has 1 aromatic carbocycles. The fourth-order valence-corrected chi connectivity index (χ4v) is 3.28. The van der Waals surface area contributed by atoms with Gasteiger partial charge in [-0.1, -0.05) is 41.3 Å². The number of rotatable bonds is 2. The maximum atomic E-state index is 12.3. The maximum absolute atomic E-state index is 12.3. The first kappa shape index (κ1) is 14.6. The van der Waals surface area contributed by atoms with Crippen LogP contribution in [0.25, 0.3) is 0 Å². The van der Waals surface area contributed by atoms with Crippen LogP contribution in [0.2, 0.25) is 0 Å². The molecule has 0 bridgehead atoms. The summed E-state index contributed by atoms with van der Waals surface area (Å²) in [5.41, 5.74) is 3.17. The second kappa shape index (κ2) is 6.56. The molecule has 104 valence electrons. The van der Waals surface area contributed by atoms with E-state index in [1.807, 2.05) is 25.1 Å².